The molecular weight excluding hydrogens is 350 g/mol. The Balaban J connectivity index is 3.26. The van der Waals surface area contributed by atoms with E-state index < -0.39 is 38.0 Å². The number of anilines is 1. The van der Waals surface area contributed by atoms with Crippen molar-refractivity contribution in [3.8, 4) is 0 Å². The highest BCUT2D eigenvalue weighted by Crippen LogP contribution is 2.23. The van der Waals surface area contributed by atoms with Gasteiger partial charge in [0.15, 0.2) is 0 Å². The number of halogens is 4. The highest BCUT2D eigenvalue weighted by atomic mass is 32.3. The SMILES string of the molecule is O=S(=O)(CF)N(c1ccccc1)S(=O)(=O)CC=CC(F)(F)F. The zero-order valence-corrected chi connectivity index (χ0v) is 12.5. The minimum atomic E-state index is -4.87. The second-order valence-electron chi connectivity index (χ2n) is 3.98. The minimum Gasteiger partial charge on any atom is -0.232 e. The molecule has 0 aromatic heterocycles. The lowest BCUT2D eigenvalue weighted by Gasteiger charge is -2.21. The van der Waals surface area contributed by atoms with Crippen LogP contribution in [0.3, 0.4) is 0 Å². The van der Waals surface area contributed by atoms with Gasteiger partial charge in [0.1, 0.15) is 0 Å². The van der Waals surface area contributed by atoms with Gasteiger partial charge in [0.05, 0.1) is 11.4 Å². The standard InChI is InChI=1S/C11H11F4NO4S2/c12-9-22(19,20)16(10-5-2-1-3-6-10)21(17,18)8-4-7-11(13,14)15/h1-7H,8-9H2. The first-order chi connectivity index (χ1) is 9.99. The zero-order chi connectivity index (χ0) is 17.0. The van der Waals surface area contributed by atoms with E-state index >= 15 is 0 Å². The van der Waals surface area contributed by atoms with E-state index in [4.69, 9.17) is 0 Å². The van der Waals surface area contributed by atoms with Crippen LogP contribution in [-0.2, 0) is 20.0 Å². The van der Waals surface area contributed by atoms with Crippen molar-refractivity contribution in [1.82, 2.24) is 0 Å². The molecule has 0 saturated carbocycles. The summed E-state index contributed by atoms with van der Waals surface area (Å²) in [7, 11) is -9.62. The van der Waals surface area contributed by atoms with Crippen LogP contribution in [0.1, 0.15) is 0 Å². The molecular formula is C11H11F4NO4S2. The van der Waals surface area contributed by atoms with Crippen molar-refractivity contribution < 1.29 is 34.4 Å². The smallest absolute Gasteiger partial charge is 0.232 e. The van der Waals surface area contributed by atoms with E-state index in [1.807, 2.05) is 0 Å². The molecule has 0 aliphatic carbocycles. The van der Waals surface area contributed by atoms with Crippen LogP contribution in [0.4, 0.5) is 23.2 Å². The van der Waals surface area contributed by atoms with Crippen LogP contribution in [0.25, 0.3) is 0 Å². The van der Waals surface area contributed by atoms with Gasteiger partial charge in [-0.15, -0.1) is 0 Å². The third-order valence-electron chi connectivity index (χ3n) is 2.22. The van der Waals surface area contributed by atoms with Gasteiger partial charge in [-0.25, -0.2) is 21.2 Å². The molecule has 22 heavy (non-hydrogen) atoms. The molecule has 1 aromatic rings. The molecule has 0 bridgehead atoms. The fraction of sp³-hybridized carbons (Fsp3) is 0.273. The predicted octanol–water partition coefficient (Wildman–Crippen LogP) is 2.20. The third kappa shape index (κ3) is 4.98. The van der Waals surface area contributed by atoms with Crippen LogP contribution in [0.2, 0.25) is 0 Å². The molecule has 11 heteroatoms. The summed E-state index contributed by atoms with van der Waals surface area (Å²) in [5.74, 6) is -1.25. The Hall–Kier alpha value is -1.62. The summed E-state index contributed by atoms with van der Waals surface area (Å²) in [6, 6.07) is 4.22. The fourth-order valence-electron chi connectivity index (χ4n) is 1.46. The van der Waals surface area contributed by atoms with Crippen molar-refractivity contribution in [2.45, 2.75) is 6.18 Å². The Morgan fingerprint density at radius 2 is 1.55 bits per heavy atom. The van der Waals surface area contributed by atoms with Crippen LogP contribution < -0.4 is 3.71 Å². The Labute approximate surface area is 125 Å². The molecule has 1 rings (SSSR count). The molecule has 1 aromatic carbocycles. The summed E-state index contributed by atoms with van der Waals surface area (Å²) in [6.45, 7) is 0. The van der Waals surface area contributed by atoms with Crippen molar-refractivity contribution in [2.75, 3.05) is 15.5 Å². The largest absolute Gasteiger partial charge is 0.409 e. The second-order valence-corrected chi connectivity index (χ2v) is 7.82. The first-order valence-corrected chi connectivity index (χ1v) is 8.83. The maximum atomic E-state index is 12.7. The summed E-state index contributed by atoms with van der Waals surface area (Å²) in [6.07, 6.45) is -4.83. The van der Waals surface area contributed by atoms with Crippen LogP contribution in [-0.4, -0.2) is 34.8 Å². The van der Waals surface area contributed by atoms with Gasteiger partial charge in [-0.3, -0.25) is 0 Å². The molecule has 124 valence electrons. The summed E-state index contributed by atoms with van der Waals surface area (Å²) in [5, 5.41) is 0. The maximum Gasteiger partial charge on any atom is 0.409 e. The lowest BCUT2D eigenvalue weighted by Crippen LogP contribution is -2.39. The Morgan fingerprint density at radius 3 is 2.00 bits per heavy atom. The number of allylic oxidation sites excluding steroid dienone is 1. The van der Waals surface area contributed by atoms with Gasteiger partial charge >= 0.3 is 6.18 Å². The normalized spacial score (nSPS) is 13.5. The van der Waals surface area contributed by atoms with E-state index in [-0.39, 0.29) is 21.5 Å². The van der Waals surface area contributed by atoms with Crippen molar-refractivity contribution in [1.29, 1.82) is 0 Å². The van der Waals surface area contributed by atoms with Crippen LogP contribution in [0, 0.1) is 0 Å². The van der Waals surface area contributed by atoms with Crippen molar-refractivity contribution in [3.05, 3.63) is 42.5 Å². The Kier molecular flexibility index (Phi) is 5.57. The molecule has 5 nitrogen and oxygen atoms in total. The highest BCUT2D eigenvalue weighted by molar-refractivity contribution is 8.10. The monoisotopic (exact) mass is 361 g/mol. The summed E-state index contributed by atoms with van der Waals surface area (Å²) in [4.78, 5) is 0. The Bertz CT molecular complexity index is 727. The summed E-state index contributed by atoms with van der Waals surface area (Å²) in [5.41, 5.74) is -0.388. The van der Waals surface area contributed by atoms with E-state index in [9.17, 15) is 34.4 Å². The Morgan fingerprint density at radius 1 is 1.00 bits per heavy atom. The van der Waals surface area contributed by atoms with E-state index in [0.29, 0.717) is 0 Å². The average molecular weight is 361 g/mol. The number of sulfonamides is 2. The van der Waals surface area contributed by atoms with Gasteiger partial charge in [-0.2, -0.15) is 16.9 Å². The van der Waals surface area contributed by atoms with E-state index in [1.54, 1.807) is 0 Å². The zero-order valence-electron chi connectivity index (χ0n) is 10.9. The second kappa shape index (κ2) is 6.65. The first kappa shape index (κ1) is 18.4. The van der Waals surface area contributed by atoms with Gasteiger partial charge in [0, 0.05) is 6.08 Å². The molecule has 0 aliphatic rings. The number of rotatable bonds is 6. The van der Waals surface area contributed by atoms with Crippen molar-refractivity contribution >= 4 is 25.7 Å². The molecule has 0 heterocycles. The number of hydrogen-bond donors (Lipinski definition) is 0. The molecule has 0 aliphatic heterocycles. The van der Waals surface area contributed by atoms with Gasteiger partial charge in [0.2, 0.25) is 6.01 Å². The number of hydrogen-bond acceptors (Lipinski definition) is 4. The third-order valence-corrected chi connectivity index (χ3v) is 5.91. The van der Waals surface area contributed by atoms with Crippen LogP contribution in [0.5, 0.6) is 0 Å². The molecule has 0 saturated heterocycles. The fourth-order valence-corrected chi connectivity index (χ4v) is 4.59. The van der Waals surface area contributed by atoms with E-state index in [1.165, 1.54) is 18.2 Å². The summed E-state index contributed by atoms with van der Waals surface area (Å²) >= 11 is 0. The number of nitrogens with zero attached hydrogens (tertiary/aromatic N) is 1. The topological polar surface area (TPSA) is 71.5 Å². The van der Waals surface area contributed by atoms with Crippen LogP contribution in [0.15, 0.2) is 42.5 Å². The number of para-hydroxylation sites is 1. The van der Waals surface area contributed by atoms with Gasteiger partial charge in [0.25, 0.3) is 20.0 Å². The lowest BCUT2D eigenvalue weighted by atomic mass is 10.3. The number of alkyl halides is 4. The van der Waals surface area contributed by atoms with Gasteiger partial charge in [-0.1, -0.05) is 24.3 Å². The highest BCUT2D eigenvalue weighted by Gasteiger charge is 2.33. The van der Waals surface area contributed by atoms with E-state index in [2.05, 4.69) is 0 Å². The van der Waals surface area contributed by atoms with Crippen LogP contribution >= 0.6 is 0 Å². The average Bonchev–Trinajstić information content (AvgIpc) is 2.37. The predicted molar refractivity (Wildman–Crippen MR) is 72.8 cm³/mol. The molecule has 0 radical (unpaired) electrons. The van der Waals surface area contributed by atoms with Crippen molar-refractivity contribution in [3.63, 3.8) is 0 Å². The molecule has 0 spiro atoms. The maximum absolute atomic E-state index is 12.7. The molecule has 0 atom stereocenters. The van der Waals surface area contributed by atoms with Gasteiger partial charge < -0.3 is 0 Å². The van der Waals surface area contributed by atoms with Gasteiger partial charge in [-0.05, 0) is 12.1 Å². The van der Waals surface area contributed by atoms with E-state index in [0.717, 1.165) is 12.1 Å². The molecule has 0 N–H and O–H groups in total. The van der Waals surface area contributed by atoms with Crippen molar-refractivity contribution in [2.24, 2.45) is 0 Å². The first-order valence-electron chi connectivity index (χ1n) is 5.61. The molecule has 0 unspecified atom stereocenters. The molecule has 0 amide bonds. The lowest BCUT2D eigenvalue weighted by molar-refractivity contribution is -0.0799. The molecule has 0 fully saturated rings. The minimum absolute atomic E-state index is 0.208. The number of benzene rings is 1. The quantitative estimate of drug-likeness (QED) is 0.575. The summed E-state index contributed by atoms with van der Waals surface area (Å²) < 4.78 is 95.6.